The number of aryl methyl sites for hydroxylation is 1. The topological polar surface area (TPSA) is 57.0 Å². The van der Waals surface area contributed by atoms with Crippen LogP contribution in [-0.4, -0.2) is 21.3 Å². The molecule has 96 valence electrons. The van der Waals surface area contributed by atoms with Gasteiger partial charge in [0.1, 0.15) is 5.25 Å². The summed E-state index contributed by atoms with van der Waals surface area (Å²) in [6, 6.07) is 8.04. The molecule has 2 rings (SSSR count). The number of fused-ring (bicyclic) bond motifs is 1. The number of imidazole rings is 1. The van der Waals surface area contributed by atoms with E-state index >= 15 is 0 Å². The van der Waals surface area contributed by atoms with Crippen LogP contribution in [0.5, 0.6) is 0 Å². The van der Waals surface area contributed by atoms with Crippen molar-refractivity contribution in [1.29, 1.82) is 0 Å². The second kappa shape index (κ2) is 5.44. The van der Waals surface area contributed by atoms with Crippen LogP contribution in [0.25, 0.3) is 11.0 Å². The fraction of sp³-hybridized carbons (Fsp3) is 0.385. The van der Waals surface area contributed by atoms with Crippen molar-refractivity contribution in [3.05, 3.63) is 24.3 Å². The van der Waals surface area contributed by atoms with Gasteiger partial charge in [0.25, 0.3) is 0 Å². The zero-order valence-electron chi connectivity index (χ0n) is 10.5. The summed E-state index contributed by atoms with van der Waals surface area (Å²) in [6.07, 6.45) is 1.02. The number of rotatable bonds is 5. The van der Waals surface area contributed by atoms with Gasteiger partial charge in [0.15, 0.2) is 11.0 Å². The number of carboxylic acids is 1. The summed E-state index contributed by atoms with van der Waals surface area (Å²) in [5.74, 6) is -0.790. The Kier molecular flexibility index (Phi) is 3.91. The molecule has 5 heteroatoms. The lowest BCUT2D eigenvalue weighted by Gasteiger charge is -2.03. The number of nitrogens with one attached hydrogen (secondary N) is 1. The van der Waals surface area contributed by atoms with Crippen LogP contribution in [0.1, 0.15) is 20.3 Å². The number of benzene rings is 1. The first kappa shape index (κ1) is 13.0. The molecule has 0 unspecified atom stereocenters. The van der Waals surface area contributed by atoms with Crippen LogP contribution >= 0.6 is 11.8 Å². The van der Waals surface area contributed by atoms with E-state index in [0.717, 1.165) is 29.2 Å². The summed E-state index contributed by atoms with van der Waals surface area (Å²) in [6.45, 7) is 4.71. The number of aromatic amines is 1. The maximum Gasteiger partial charge on any atom is 0.317 e. The van der Waals surface area contributed by atoms with Gasteiger partial charge in [0.05, 0.1) is 6.54 Å². The van der Waals surface area contributed by atoms with E-state index in [2.05, 4.69) is 22.5 Å². The molecule has 0 saturated heterocycles. The highest BCUT2D eigenvalue weighted by atomic mass is 32.2. The maximum absolute atomic E-state index is 10.9. The summed E-state index contributed by atoms with van der Waals surface area (Å²) in [4.78, 5) is 14.2. The van der Waals surface area contributed by atoms with E-state index in [9.17, 15) is 4.79 Å². The number of aromatic nitrogens is 2. The third kappa shape index (κ3) is 2.51. The zero-order chi connectivity index (χ0) is 13.1. The smallest absolute Gasteiger partial charge is 0.317 e. The molecule has 1 atom stereocenters. The molecule has 0 aliphatic carbocycles. The Morgan fingerprint density at radius 2 is 2.22 bits per heavy atom. The van der Waals surface area contributed by atoms with Crippen molar-refractivity contribution in [3.63, 3.8) is 0 Å². The van der Waals surface area contributed by atoms with E-state index in [1.807, 2.05) is 18.2 Å². The van der Waals surface area contributed by atoms with Crippen LogP contribution < -0.4 is 4.57 Å². The van der Waals surface area contributed by atoms with Crippen molar-refractivity contribution in [2.24, 2.45) is 0 Å². The molecule has 1 heterocycles. The van der Waals surface area contributed by atoms with Crippen LogP contribution in [0.4, 0.5) is 0 Å². The molecular weight excluding hydrogens is 248 g/mol. The lowest BCUT2D eigenvalue weighted by molar-refractivity contribution is -0.708. The van der Waals surface area contributed by atoms with E-state index in [1.165, 1.54) is 11.8 Å². The van der Waals surface area contributed by atoms with E-state index < -0.39 is 11.2 Å². The van der Waals surface area contributed by atoms with E-state index in [4.69, 9.17) is 5.11 Å². The third-order valence-corrected chi connectivity index (χ3v) is 3.87. The monoisotopic (exact) mass is 265 g/mol. The van der Waals surface area contributed by atoms with Crippen molar-refractivity contribution in [1.82, 2.24) is 4.98 Å². The standard InChI is InChI=1S/C13H16N2O2S/c1-3-8-15-11-7-5-4-6-10(11)14-13(15)18-9(2)12(16)17/h4-7,9H,3,8H2,1-2H3,(H,16,17)/p+1/t9-/m1/s1. The van der Waals surface area contributed by atoms with E-state index in [1.54, 1.807) is 6.92 Å². The Morgan fingerprint density at radius 3 is 2.89 bits per heavy atom. The van der Waals surface area contributed by atoms with Gasteiger partial charge in [-0.3, -0.25) is 4.79 Å². The van der Waals surface area contributed by atoms with E-state index in [0.29, 0.717) is 0 Å². The van der Waals surface area contributed by atoms with Crippen LogP contribution in [-0.2, 0) is 11.3 Å². The van der Waals surface area contributed by atoms with Crippen molar-refractivity contribution >= 4 is 28.8 Å². The van der Waals surface area contributed by atoms with Crippen molar-refractivity contribution < 1.29 is 14.5 Å². The first-order valence-corrected chi connectivity index (χ1v) is 6.91. The number of carbonyl (C=O) groups is 1. The first-order chi connectivity index (χ1) is 8.63. The molecule has 2 N–H and O–H groups in total. The fourth-order valence-electron chi connectivity index (χ4n) is 1.86. The number of aliphatic carboxylic acids is 1. The molecule has 0 bridgehead atoms. The molecule has 1 aromatic carbocycles. The minimum absolute atomic E-state index is 0.457. The molecule has 0 radical (unpaired) electrons. The zero-order valence-corrected chi connectivity index (χ0v) is 11.3. The van der Waals surface area contributed by atoms with Gasteiger partial charge in [0, 0.05) is 0 Å². The van der Waals surface area contributed by atoms with Crippen LogP contribution in [0, 0.1) is 0 Å². The fourth-order valence-corrected chi connectivity index (χ4v) is 2.78. The Morgan fingerprint density at radius 1 is 1.50 bits per heavy atom. The molecule has 2 aromatic rings. The molecule has 0 spiro atoms. The summed E-state index contributed by atoms with van der Waals surface area (Å²) in [5, 5.41) is 9.45. The maximum atomic E-state index is 10.9. The first-order valence-electron chi connectivity index (χ1n) is 6.03. The van der Waals surface area contributed by atoms with Gasteiger partial charge in [-0.25, -0.2) is 9.55 Å². The Hall–Kier alpha value is -1.49. The van der Waals surface area contributed by atoms with Gasteiger partial charge < -0.3 is 5.11 Å². The van der Waals surface area contributed by atoms with Crippen LogP contribution in [0.3, 0.4) is 0 Å². The van der Waals surface area contributed by atoms with Crippen LogP contribution in [0.15, 0.2) is 29.4 Å². The molecule has 4 nitrogen and oxygen atoms in total. The van der Waals surface area contributed by atoms with Gasteiger partial charge in [-0.15, -0.1) is 0 Å². The SMILES string of the molecule is CCC[n+]1c(S[C@H](C)C(=O)O)[nH]c2ccccc21. The lowest BCUT2D eigenvalue weighted by Crippen LogP contribution is -2.35. The molecule has 18 heavy (non-hydrogen) atoms. The van der Waals surface area contributed by atoms with Crippen molar-refractivity contribution in [3.8, 4) is 0 Å². The summed E-state index contributed by atoms with van der Waals surface area (Å²) >= 11 is 1.35. The van der Waals surface area contributed by atoms with Gasteiger partial charge in [-0.1, -0.05) is 19.1 Å². The Bertz CT molecular complexity index is 565. The normalized spacial score (nSPS) is 12.8. The van der Waals surface area contributed by atoms with Gasteiger partial charge in [-0.2, -0.15) is 0 Å². The number of thioether (sulfide) groups is 1. The minimum Gasteiger partial charge on any atom is -0.480 e. The second-order valence-electron chi connectivity index (χ2n) is 4.20. The van der Waals surface area contributed by atoms with Gasteiger partial charge in [0.2, 0.25) is 0 Å². The molecular formula is C13H17N2O2S+. The highest BCUT2D eigenvalue weighted by Gasteiger charge is 2.23. The predicted octanol–water partition coefficient (Wildman–Crippen LogP) is 2.43. The predicted molar refractivity (Wildman–Crippen MR) is 71.7 cm³/mol. The highest BCUT2D eigenvalue weighted by molar-refractivity contribution is 8.00. The quantitative estimate of drug-likeness (QED) is 0.645. The number of hydrogen-bond donors (Lipinski definition) is 2. The number of carboxylic acid groups (broad SMARTS) is 1. The summed E-state index contributed by atoms with van der Waals surface area (Å²) in [5.41, 5.74) is 2.17. The molecule has 0 aliphatic heterocycles. The Balaban J connectivity index is 2.42. The third-order valence-electron chi connectivity index (χ3n) is 2.76. The minimum atomic E-state index is -0.790. The number of H-pyrrole nitrogens is 1. The average molecular weight is 265 g/mol. The molecule has 0 saturated carbocycles. The molecule has 1 aromatic heterocycles. The molecule has 0 fully saturated rings. The largest absolute Gasteiger partial charge is 0.480 e. The number of nitrogens with zero attached hydrogens (tertiary/aromatic N) is 1. The van der Waals surface area contributed by atoms with Crippen molar-refractivity contribution in [2.45, 2.75) is 37.2 Å². The summed E-state index contributed by atoms with van der Waals surface area (Å²) < 4.78 is 2.15. The molecule has 0 amide bonds. The second-order valence-corrected chi connectivity index (χ2v) is 5.53. The average Bonchev–Trinajstić information content (AvgIpc) is 2.68. The van der Waals surface area contributed by atoms with Gasteiger partial charge >= 0.3 is 11.1 Å². The molecule has 0 aliphatic rings. The Labute approximate surface area is 110 Å². The summed E-state index contributed by atoms with van der Waals surface area (Å²) in [7, 11) is 0. The van der Waals surface area contributed by atoms with Gasteiger partial charge in [-0.05, 0) is 37.2 Å². The van der Waals surface area contributed by atoms with Crippen LogP contribution in [0.2, 0.25) is 0 Å². The van der Waals surface area contributed by atoms with Crippen molar-refractivity contribution in [2.75, 3.05) is 0 Å². The number of hydrogen-bond acceptors (Lipinski definition) is 2. The lowest BCUT2D eigenvalue weighted by atomic mass is 10.3. The van der Waals surface area contributed by atoms with E-state index in [-0.39, 0.29) is 0 Å². The highest BCUT2D eigenvalue weighted by Crippen LogP contribution is 2.22. The number of para-hydroxylation sites is 2.